The van der Waals surface area contributed by atoms with Crippen LogP contribution in [0.5, 0.6) is 0 Å². The van der Waals surface area contributed by atoms with Crippen LogP contribution in [0.4, 0.5) is 5.69 Å². The Balaban J connectivity index is 1.20. The molecule has 4 nitrogen and oxygen atoms in total. The van der Waals surface area contributed by atoms with Gasteiger partial charge >= 0.3 is 0 Å². The molecule has 1 aromatic carbocycles. The smallest absolute Gasteiger partial charge is 0.234 e. The Bertz CT molecular complexity index is 695. The van der Waals surface area contributed by atoms with Crippen molar-refractivity contribution in [3.05, 3.63) is 29.8 Å². The summed E-state index contributed by atoms with van der Waals surface area (Å²) in [6.07, 6.45) is 8.16. The van der Waals surface area contributed by atoms with Crippen molar-refractivity contribution in [2.75, 3.05) is 16.8 Å². The molecule has 0 heterocycles. The third kappa shape index (κ3) is 4.40. The SMILES string of the molecule is Cc1ccc(NC(=O)CSCC(=O)N[C@@H](C)C23CC4CC(CC(C4)C2)C3)cc1. The van der Waals surface area contributed by atoms with Gasteiger partial charge in [0.05, 0.1) is 11.5 Å². The maximum absolute atomic E-state index is 12.5. The van der Waals surface area contributed by atoms with Crippen molar-refractivity contribution in [3.8, 4) is 0 Å². The topological polar surface area (TPSA) is 58.2 Å². The van der Waals surface area contributed by atoms with Crippen molar-refractivity contribution in [3.63, 3.8) is 0 Å². The zero-order chi connectivity index (χ0) is 19.7. The fourth-order valence-electron chi connectivity index (χ4n) is 6.21. The zero-order valence-electron chi connectivity index (χ0n) is 17.0. The Morgan fingerprint density at radius 3 is 2.11 bits per heavy atom. The number of anilines is 1. The zero-order valence-corrected chi connectivity index (χ0v) is 17.8. The van der Waals surface area contributed by atoms with Crippen LogP contribution >= 0.6 is 11.8 Å². The lowest BCUT2D eigenvalue weighted by molar-refractivity contribution is -0.123. The maximum Gasteiger partial charge on any atom is 0.234 e. The van der Waals surface area contributed by atoms with Crippen LogP contribution in [-0.4, -0.2) is 29.4 Å². The molecule has 1 aromatic rings. The molecule has 4 saturated carbocycles. The van der Waals surface area contributed by atoms with Gasteiger partial charge in [-0.2, -0.15) is 0 Å². The van der Waals surface area contributed by atoms with E-state index in [1.807, 2.05) is 31.2 Å². The van der Waals surface area contributed by atoms with Crippen LogP contribution in [0.15, 0.2) is 24.3 Å². The number of hydrogen-bond acceptors (Lipinski definition) is 3. The minimum absolute atomic E-state index is 0.0595. The Morgan fingerprint density at radius 1 is 1.00 bits per heavy atom. The molecule has 1 atom stereocenters. The highest BCUT2D eigenvalue weighted by molar-refractivity contribution is 8.00. The lowest BCUT2D eigenvalue weighted by atomic mass is 9.48. The number of hydrogen-bond donors (Lipinski definition) is 2. The molecule has 4 aliphatic carbocycles. The summed E-state index contributed by atoms with van der Waals surface area (Å²) in [5.74, 6) is 3.33. The molecule has 0 spiro atoms. The van der Waals surface area contributed by atoms with E-state index in [1.165, 1.54) is 50.3 Å². The first kappa shape index (κ1) is 19.8. The Labute approximate surface area is 172 Å². The summed E-state index contributed by atoms with van der Waals surface area (Å²) in [6.45, 7) is 4.23. The van der Waals surface area contributed by atoms with E-state index >= 15 is 0 Å². The van der Waals surface area contributed by atoms with E-state index < -0.39 is 0 Å². The van der Waals surface area contributed by atoms with Crippen molar-refractivity contribution in [2.24, 2.45) is 23.2 Å². The molecular formula is C23H32N2O2S. The van der Waals surface area contributed by atoms with E-state index in [-0.39, 0.29) is 17.9 Å². The molecule has 4 aliphatic rings. The first-order valence-electron chi connectivity index (χ1n) is 10.7. The van der Waals surface area contributed by atoms with Gasteiger partial charge in [0.1, 0.15) is 0 Å². The van der Waals surface area contributed by atoms with Crippen LogP contribution in [0.1, 0.15) is 51.0 Å². The molecule has 5 heteroatoms. The van der Waals surface area contributed by atoms with Crippen LogP contribution < -0.4 is 10.6 Å². The summed E-state index contributed by atoms with van der Waals surface area (Å²) in [7, 11) is 0. The van der Waals surface area contributed by atoms with Crippen molar-refractivity contribution in [1.82, 2.24) is 5.32 Å². The van der Waals surface area contributed by atoms with Crippen LogP contribution in [-0.2, 0) is 9.59 Å². The highest BCUT2D eigenvalue weighted by atomic mass is 32.2. The third-order valence-electron chi connectivity index (χ3n) is 7.18. The van der Waals surface area contributed by atoms with Crippen molar-refractivity contribution in [2.45, 2.75) is 58.4 Å². The average Bonchev–Trinajstić information content (AvgIpc) is 2.62. The first-order valence-corrected chi connectivity index (χ1v) is 11.8. The van der Waals surface area contributed by atoms with Gasteiger partial charge in [-0.1, -0.05) is 17.7 Å². The number of carbonyl (C=O) groups excluding carboxylic acids is 2. The quantitative estimate of drug-likeness (QED) is 0.714. The van der Waals surface area contributed by atoms with Gasteiger partial charge in [0.2, 0.25) is 11.8 Å². The molecule has 0 unspecified atom stereocenters. The molecule has 2 N–H and O–H groups in total. The Morgan fingerprint density at radius 2 is 1.54 bits per heavy atom. The Hall–Kier alpha value is -1.49. The average molecular weight is 401 g/mol. The minimum Gasteiger partial charge on any atom is -0.352 e. The predicted molar refractivity (Wildman–Crippen MR) is 115 cm³/mol. The second kappa shape index (κ2) is 8.10. The second-order valence-corrected chi connectivity index (χ2v) is 10.5. The monoisotopic (exact) mass is 400 g/mol. The Kier molecular flexibility index (Phi) is 5.73. The number of carbonyl (C=O) groups is 2. The molecule has 4 fully saturated rings. The lowest BCUT2D eigenvalue weighted by Crippen LogP contribution is -2.56. The van der Waals surface area contributed by atoms with Crippen LogP contribution in [0, 0.1) is 30.1 Å². The van der Waals surface area contributed by atoms with Crippen molar-refractivity contribution in [1.29, 1.82) is 0 Å². The van der Waals surface area contributed by atoms with E-state index in [4.69, 9.17) is 0 Å². The number of benzene rings is 1. The maximum atomic E-state index is 12.5. The van der Waals surface area contributed by atoms with Gasteiger partial charge < -0.3 is 10.6 Å². The van der Waals surface area contributed by atoms with Crippen molar-refractivity contribution < 1.29 is 9.59 Å². The fourth-order valence-corrected chi connectivity index (χ4v) is 6.84. The number of nitrogens with one attached hydrogen (secondary N) is 2. The summed E-state index contributed by atoms with van der Waals surface area (Å²) in [6, 6.07) is 8.00. The van der Waals surface area contributed by atoms with Gasteiger partial charge in [-0.3, -0.25) is 9.59 Å². The first-order chi connectivity index (χ1) is 13.4. The summed E-state index contributed by atoms with van der Waals surface area (Å²) in [5.41, 5.74) is 2.30. The number of thioether (sulfide) groups is 1. The van der Waals surface area contributed by atoms with Gasteiger partial charge in [-0.15, -0.1) is 11.8 Å². The molecule has 4 bridgehead atoms. The number of amides is 2. The van der Waals surface area contributed by atoms with Gasteiger partial charge in [0, 0.05) is 11.7 Å². The van der Waals surface area contributed by atoms with Gasteiger partial charge in [0.15, 0.2) is 0 Å². The molecule has 0 aromatic heterocycles. The minimum atomic E-state index is -0.0595. The van der Waals surface area contributed by atoms with Gasteiger partial charge in [-0.25, -0.2) is 0 Å². The van der Waals surface area contributed by atoms with Crippen LogP contribution in [0.3, 0.4) is 0 Å². The van der Waals surface area contributed by atoms with E-state index in [9.17, 15) is 9.59 Å². The molecule has 0 aliphatic heterocycles. The van der Waals surface area contributed by atoms with Gasteiger partial charge in [0.25, 0.3) is 0 Å². The standard InChI is InChI=1S/C23H32N2O2S/c1-15-3-5-20(6-4-15)25-22(27)14-28-13-21(26)24-16(2)23-10-17-7-18(11-23)9-19(8-17)12-23/h3-6,16-19H,7-14H2,1-2H3,(H,24,26)(H,25,27)/t16-,17?,18?,19?,23?/m0/s1. The highest BCUT2D eigenvalue weighted by Gasteiger charge is 2.53. The molecule has 0 saturated heterocycles. The summed E-state index contributed by atoms with van der Waals surface area (Å²) in [4.78, 5) is 24.5. The molecule has 0 radical (unpaired) electrons. The van der Waals surface area contributed by atoms with E-state index in [2.05, 4.69) is 17.6 Å². The largest absolute Gasteiger partial charge is 0.352 e. The summed E-state index contributed by atoms with van der Waals surface area (Å²) in [5, 5.41) is 6.16. The molecular weight excluding hydrogens is 368 g/mol. The van der Waals surface area contributed by atoms with Gasteiger partial charge in [-0.05, 0) is 87.7 Å². The molecule has 28 heavy (non-hydrogen) atoms. The van der Waals surface area contributed by atoms with E-state index in [1.54, 1.807) is 0 Å². The lowest BCUT2D eigenvalue weighted by Gasteiger charge is -2.59. The van der Waals surface area contributed by atoms with E-state index in [0.29, 0.717) is 16.9 Å². The number of rotatable bonds is 7. The molecule has 152 valence electrons. The summed E-state index contributed by atoms with van der Waals surface area (Å²) >= 11 is 1.39. The molecule has 2 amide bonds. The molecule has 5 rings (SSSR count). The summed E-state index contributed by atoms with van der Waals surface area (Å²) < 4.78 is 0. The number of aryl methyl sites for hydroxylation is 1. The van der Waals surface area contributed by atoms with Crippen LogP contribution in [0.2, 0.25) is 0 Å². The fraction of sp³-hybridized carbons (Fsp3) is 0.652. The normalized spacial score (nSPS) is 31.4. The van der Waals surface area contributed by atoms with E-state index in [0.717, 1.165) is 29.0 Å². The highest BCUT2D eigenvalue weighted by Crippen LogP contribution is 2.61. The van der Waals surface area contributed by atoms with Crippen LogP contribution in [0.25, 0.3) is 0 Å². The second-order valence-electron chi connectivity index (χ2n) is 9.48. The predicted octanol–water partition coefficient (Wildman–Crippen LogP) is 4.39. The third-order valence-corrected chi connectivity index (χ3v) is 8.12. The van der Waals surface area contributed by atoms with Crippen molar-refractivity contribution >= 4 is 29.3 Å².